The van der Waals surface area contributed by atoms with E-state index in [2.05, 4.69) is 78.0 Å². The van der Waals surface area contributed by atoms with Crippen LogP contribution in [0, 0.1) is 19.8 Å². The molecule has 0 aliphatic heterocycles. The highest BCUT2D eigenvalue weighted by atomic mass is 32.2. The van der Waals surface area contributed by atoms with Crippen LogP contribution in [0.2, 0.25) is 0 Å². The Morgan fingerprint density at radius 3 is 2.19 bits per heavy atom. The van der Waals surface area contributed by atoms with Crippen LogP contribution in [0.5, 0.6) is 5.75 Å². The van der Waals surface area contributed by atoms with E-state index in [1.165, 1.54) is 28.1 Å². The molecule has 0 heterocycles. The minimum atomic E-state index is 0.232. The highest BCUT2D eigenvalue weighted by molar-refractivity contribution is 8.14. The molecule has 4 rings (SSSR count). The Labute approximate surface area is 193 Å². The molecule has 4 aromatic rings. The third-order valence-electron chi connectivity index (χ3n) is 4.69. The number of phenolic OH excluding ortho intramolecular Hbond substituents is 1. The van der Waals surface area contributed by atoms with Gasteiger partial charge in [0.1, 0.15) is 5.75 Å². The number of hydrazine groups is 1. The first kappa shape index (κ1) is 24.6. The van der Waals surface area contributed by atoms with Gasteiger partial charge in [-0.25, -0.2) is 5.84 Å². The second kappa shape index (κ2) is 12.3. The maximum absolute atomic E-state index is 10.3. The highest BCUT2D eigenvalue weighted by Crippen LogP contribution is 2.39. The number of nitrogens with two attached hydrogens (primary N) is 1. The molecule has 32 heavy (non-hydrogen) atoms. The molecule has 0 amide bonds. The zero-order valence-electron chi connectivity index (χ0n) is 18.5. The summed E-state index contributed by atoms with van der Waals surface area (Å²) in [5.74, 6) is 5.60. The summed E-state index contributed by atoms with van der Waals surface area (Å²) in [6, 6.07) is 24.5. The summed E-state index contributed by atoms with van der Waals surface area (Å²) in [4.78, 5) is 4.69. The van der Waals surface area contributed by atoms with Crippen LogP contribution in [0.25, 0.3) is 21.5 Å². The number of fused-ring (bicyclic) bond motifs is 2. The molecule has 6 heteroatoms. The number of aryl methyl sites for hydroxylation is 1. The molecule has 0 unspecified atom stereocenters. The second-order valence-electron chi connectivity index (χ2n) is 6.69. The highest BCUT2D eigenvalue weighted by Gasteiger charge is 2.12. The Hall–Kier alpha value is -3.66. The predicted molar refractivity (Wildman–Crippen MR) is 140 cm³/mol. The number of hydrogen-bond acceptors (Lipinski definition) is 5. The fourth-order valence-corrected chi connectivity index (χ4v) is 3.91. The number of phenols is 1. The molecule has 0 aromatic heterocycles. The van der Waals surface area contributed by atoms with Gasteiger partial charge in [0.05, 0.1) is 4.90 Å². The van der Waals surface area contributed by atoms with Crippen LogP contribution in [0.4, 0.5) is 5.69 Å². The van der Waals surface area contributed by atoms with Gasteiger partial charge in [0, 0.05) is 30.6 Å². The van der Waals surface area contributed by atoms with Gasteiger partial charge in [-0.05, 0) is 35.5 Å². The van der Waals surface area contributed by atoms with E-state index < -0.39 is 0 Å². The van der Waals surface area contributed by atoms with Crippen molar-refractivity contribution in [3.8, 4) is 18.6 Å². The van der Waals surface area contributed by atoms with Crippen molar-refractivity contribution in [3.05, 3.63) is 78.4 Å². The number of nitrogens with one attached hydrogen (secondary N) is 2. The fourth-order valence-electron chi connectivity index (χ4n) is 3.17. The quantitative estimate of drug-likeness (QED) is 0.0622. The summed E-state index contributed by atoms with van der Waals surface area (Å²) in [6.07, 6.45) is 8.00. The predicted octanol–water partition coefficient (Wildman–Crippen LogP) is 5.53. The van der Waals surface area contributed by atoms with Crippen LogP contribution >= 0.6 is 11.8 Å². The maximum atomic E-state index is 10.3. The molecular weight excluding hydrogens is 416 g/mol. The van der Waals surface area contributed by atoms with Gasteiger partial charge in [-0.2, -0.15) is 0 Å². The Balaban J connectivity index is 0.000000236. The molecule has 0 atom stereocenters. The van der Waals surface area contributed by atoms with Crippen molar-refractivity contribution >= 4 is 44.2 Å². The normalized spacial score (nSPS) is 10.5. The van der Waals surface area contributed by atoms with Gasteiger partial charge in [0.15, 0.2) is 5.17 Å². The average Bonchev–Trinajstić information content (AvgIpc) is 2.85. The van der Waals surface area contributed by atoms with E-state index in [4.69, 9.17) is 5.84 Å². The van der Waals surface area contributed by atoms with E-state index in [1.807, 2.05) is 37.4 Å². The number of hydrogen-bond donors (Lipinski definition) is 4. The van der Waals surface area contributed by atoms with Crippen LogP contribution in [0.1, 0.15) is 5.56 Å². The molecule has 0 fully saturated rings. The van der Waals surface area contributed by atoms with Crippen LogP contribution in [0.3, 0.4) is 0 Å². The zero-order valence-corrected chi connectivity index (χ0v) is 19.3. The van der Waals surface area contributed by atoms with Crippen molar-refractivity contribution in [1.29, 1.82) is 0 Å². The van der Waals surface area contributed by atoms with E-state index >= 15 is 0 Å². The molecule has 0 radical (unpaired) electrons. The van der Waals surface area contributed by atoms with Crippen molar-refractivity contribution in [2.45, 2.75) is 11.8 Å². The number of nitrogens with zero attached hydrogens (tertiary/aromatic N) is 1. The molecule has 0 spiro atoms. The molecule has 5 nitrogen and oxygen atoms in total. The summed E-state index contributed by atoms with van der Waals surface area (Å²) in [7, 11) is 3.49. The molecular formula is C26H28N4OS. The number of terminal acetylenes is 1. The largest absolute Gasteiger partial charge is 0.506 e. The van der Waals surface area contributed by atoms with Crippen molar-refractivity contribution in [3.63, 3.8) is 0 Å². The lowest BCUT2D eigenvalue weighted by molar-refractivity contribution is 0.469. The molecule has 0 saturated carbocycles. The number of aromatic hydroxyl groups is 1. The van der Waals surface area contributed by atoms with E-state index in [1.54, 1.807) is 7.05 Å². The Bertz CT molecular complexity index is 1230. The van der Waals surface area contributed by atoms with E-state index in [0.717, 1.165) is 16.5 Å². The van der Waals surface area contributed by atoms with Crippen molar-refractivity contribution < 1.29 is 5.11 Å². The first-order chi connectivity index (χ1) is 15.6. The summed E-state index contributed by atoms with van der Waals surface area (Å²) >= 11 is 1.28. The molecule has 0 aliphatic carbocycles. The molecule has 5 N–H and O–H groups in total. The summed E-state index contributed by atoms with van der Waals surface area (Å²) < 4.78 is 0. The number of amidine groups is 1. The van der Waals surface area contributed by atoms with Gasteiger partial charge in [-0.1, -0.05) is 72.3 Å². The molecule has 4 aromatic carbocycles. The fraction of sp³-hybridized carbons (Fsp3) is 0.115. The van der Waals surface area contributed by atoms with E-state index in [-0.39, 0.29) is 5.75 Å². The number of benzene rings is 4. The first-order valence-corrected chi connectivity index (χ1v) is 10.7. The van der Waals surface area contributed by atoms with Crippen LogP contribution < -0.4 is 16.6 Å². The smallest absolute Gasteiger partial charge is 0.175 e. The summed E-state index contributed by atoms with van der Waals surface area (Å²) in [5, 5.41) is 18.4. The maximum Gasteiger partial charge on any atom is 0.175 e. The molecule has 0 aliphatic rings. The van der Waals surface area contributed by atoms with E-state index in [0.29, 0.717) is 10.1 Å². The lowest BCUT2D eigenvalue weighted by Crippen LogP contribution is -2.27. The van der Waals surface area contributed by atoms with Crippen molar-refractivity contribution in [2.24, 2.45) is 10.8 Å². The lowest BCUT2D eigenvalue weighted by Gasteiger charge is -2.12. The standard InChI is InChI=1S/C13H16N4OS.C11H10.C2H2/c1-15-10-7-11(19-13(16-2)17-14)12(18)9-6-4-3-5-8(9)10;1-9-6-7-10-4-2-3-5-11(10)8-9;1-2/h3-7,15,18H,14H2,1-2H3,(H,16,17);2-8H,1H3;1-2H. The lowest BCUT2D eigenvalue weighted by atomic mass is 10.1. The summed E-state index contributed by atoms with van der Waals surface area (Å²) in [5.41, 5.74) is 4.76. The SMILES string of the molecule is C#C.CN=C(NN)Sc1cc(NC)c2ccccc2c1O.Cc1ccc2ccccc2c1. The third-order valence-corrected chi connectivity index (χ3v) is 5.71. The average molecular weight is 445 g/mol. The van der Waals surface area contributed by atoms with E-state index in [9.17, 15) is 5.11 Å². The van der Waals surface area contributed by atoms with Gasteiger partial charge in [-0.15, -0.1) is 12.8 Å². The number of aliphatic imine (C=N–C) groups is 1. The minimum absolute atomic E-state index is 0.232. The molecule has 0 saturated heterocycles. The third kappa shape index (κ3) is 5.94. The topological polar surface area (TPSA) is 82.7 Å². The summed E-state index contributed by atoms with van der Waals surface area (Å²) in [6.45, 7) is 2.12. The molecule has 164 valence electrons. The second-order valence-corrected chi connectivity index (χ2v) is 7.72. The minimum Gasteiger partial charge on any atom is -0.506 e. The van der Waals surface area contributed by atoms with Crippen LogP contribution in [0.15, 0.2) is 82.7 Å². The van der Waals surface area contributed by atoms with Crippen molar-refractivity contribution in [2.75, 3.05) is 19.4 Å². The number of rotatable bonds is 2. The van der Waals surface area contributed by atoms with Crippen LogP contribution in [-0.4, -0.2) is 24.4 Å². The van der Waals surface area contributed by atoms with Gasteiger partial charge in [0.2, 0.25) is 0 Å². The Morgan fingerprint density at radius 2 is 1.56 bits per heavy atom. The number of thioether (sulfide) groups is 1. The molecule has 0 bridgehead atoms. The number of anilines is 1. The van der Waals surface area contributed by atoms with Crippen LogP contribution in [-0.2, 0) is 0 Å². The first-order valence-electron chi connectivity index (χ1n) is 9.89. The van der Waals surface area contributed by atoms with Gasteiger partial charge >= 0.3 is 0 Å². The van der Waals surface area contributed by atoms with Crippen molar-refractivity contribution in [1.82, 2.24) is 5.43 Å². The van der Waals surface area contributed by atoms with Gasteiger partial charge in [-0.3, -0.25) is 4.99 Å². The zero-order chi connectivity index (χ0) is 23.5. The van der Waals surface area contributed by atoms with Gasteiger partial charge < -0.3 is 15.8 Å². The van der Waals surface area contributed by atoms with Gasteiger partial charge in [0.25, 0.3) is 0 Å². The Kier molecular flexibility index (Phi) is 9.43. The monoisotopic (exact) mass is 444 g/mol. The Morgan fingerprint density at radius 1 is 0.938 bits per heavy atom.